The molecule has 1 aliphatic heterocycles. The van der Waals surface area contributed by atoms with E-state index >= 15 is 0 Å². The molecular formula is C12H17NO. The number of benzene rings is 1. The number of hydrogen-bond acceptors (Lipinski definition) is 2. The molecule has 2 unspecified atom stereocenters. The van der Waals surface area contributed by atoms with Gasteiger partial charge < -0.3 is 5.11 Å². The van der Waals surface area contributed by atoms with Gasteiger partial charge in [-0.2, -0.15) is 0 Å². The second-order valence-electron chi connectivity index (χ2n) is 4.37. The lowest BCUT2D eigenvalue weighted by atomic mass is 10.1. The maximum Gasteiger partial charge on any atom is 0.0625 e. The van der Waals surface area contributed by atoms with Crippen LogP contribution in [0, 0.1) is 0 Å². The quantitative estimate of drug-likeness (QED) is 0.736. The largest absolute Gasteiger partial charge is 0.394 e. The maximum absolute atomic E-state index is 9.19. The van der Waals surface area contributed by atoms with Gasteiger partial charge in [-0.15, -0.1) is 0 Å². The van der Waals surface area contributed by atoms with Gasteiger partial charge in [0.05, 0.1) is 12.1 Å². The Morgan fingerprint density at radius 2 is 2.07 bits per heavy atom. The van der Waals surface area contributed by atoms with Crippen molar-refractivity contribution in [1.29, 1.82) is 0 Å². The summed E-state index contributed by atoms with van der Waals surface area (Å²) >= 11 is 0. The van der Waals surface area contributed by atoms with Crippen LogP contribution in [0.3, 0.4) is 0 Å². The molecule has 1 aliphatic rings. The first-order chi connectivity index (χ1) is 6.67. The predicted octanol–water partition coefficient (Wildman–Crippen LogP) is 1.81. The highest BCUT2D eigenvalue weighted by Crippen LogP contribution is 2.39. The maximum atomic E-state index is 9.19. The van der Waals surface area contributed by atoms with Crippen LogP contribution >= 0.6 is 0 Å². The number of rotatable bonds is 3. The fraction of sp³-hybridized carbons (Fsp3) is 0.500. The molecule has 0 spiro atoms. The molecule has 0 amide bonds. The molecule has 14 heavy (non-hydrogen) atoms. The number of aliphatic hydroxyl groups is 1. The van der Waals surface area contributed by atoms with Crippen LogP contribution in [0.25, 0.3) is 0 Å². The first-order valence-corrected chi connectivity index (χ1v) is 5.10. The van der Waals surface area contributed by atoms with E-state index in [4.69, 9.17) is 0 Å². The molecule has 76 valence electrons. The summed E-state index contributed by atoms with van der Waals surface area (Å²) in [6.45, 7) is 5.55. The molecule has 2 heteroatoms. The van der Waals surface area contributed by atoms with Gasteiger partial charge in [-0.05, 0) is 19.4 Å². The van der Waals surface area contributed by atoms with Crippen molar-refractivity contribution >= 4 is 0 Å². The molecule has 0 bridgehead atoms. The zero-order valence-electron chi connectivity index (χ0n) is 8.77. The molecule has 1 aromatic rings. The first kappa shape index (κ1) is 9.69. The van der Waals surface area contributed by atoms with E-state index < -0.39 is 0 Å². The minimum absolute atomic E-state index is 0.0231. The third-order valence-electron chi connectivity index (χ3n) is 3.19. The van der Waals surface area contributed by atoms with E-state index in [1.165, 1.54) is 5.56 Å². The van der Waals surface area contributed by atoms with Crippen molar-refractivity contribution in [2.24, 2.45) is 0 Å². The van der Waals surface area contributed by atoms with Crippen molar-refractivity contribution in [1.82, 2.24) is 4.90 Å². The van der Waals surface area contributed by atoms with E-state index in [0.29, 0.717) is 6.04 Å². The monoisotopic (exact) mass is 191 g/mol. The van der Waals surface area contributed by atoms with Gasteiger partial charge in [0.2, 0.25) is 0 Å². The Labute approximate surface area is 85.2 Å². The Balaban J connectivity index is 2.08. The van der Waals surface area contributed by atoms with E-state index in [9.17, 15) is 5.11 Å². The SMILES string of the molecule is C[C@H](c1ccccc1)N1CC1(C)CO. The average molecular weight is 191 g/mol. The van der Waals surface area contributed by atoms with Crippen LogP contribution in [0.15, 0.2) is 30.3 Å². The summed E-state index contributed by atoms with van der Waals surface area (Å²) in [6, 6.07) is 10.8. The topological polar surface area (TPSA) is 23.2 Å². The molecule has 2 nitrogen and oxygen atoms in total. The van der Waals surface area contributed by atoms with E-state index in [-0.39, 0.29) is 12.1 Å². The van der Waals surface area contributed by atoms with E-state index in [1.807, 2.05) is 6.07 Å². The Morgan fingerprint density at radius 1 is 1.43 bits per heavy atom. The summed E-state index contributed by atoms with van der Waals surface area (Å²) in [7, 11) is 0. The molecule has 1 fully saturated rings. The number of hydrogen-bond donors (Lipinski definition) is 1. The van der Waals surface area contributed by atoms with Crippen molar-refractivity contribution in [3.63, 3.8) is 0 Å². The molecular weight excluding hydrogens is 174 g/mol. The van der Waals surface area contributed by atoms with Crippen LogP contribution in [0.4, 0.5) is 0 Å². The summed E-state index contributed by atoms with van der Waals surface area (Å²) in [5, 5.41) is 9.19. The van der Waals surface area contributed by atoms with Crippen LogP contribution in [0.2, 0.25) is 0 Å². The lowest BCUT2D eigenvalue weighted by Crippen LogP contribution is -2.21. The van der Waals surface area contributed by atoms with Crippen molar-refractivity contribution in [2.45, 2.75) is 25.4 Å². The van der Waals surface area contributed by atoms with Gasteiger partial charge in [0, 0.05) is 12.6 Å². The molecule has 1 heterocycles. The van der Waals surface area contributed by atoms with Crippen molar-refractivity contribution in [3.8, 4) is 0 Å². The summed E-state index contributed by atoms with van der Waals surface area (Å²) in [5.41, 5.74) is 1.35. The van der Waals surface area contributed by atoms with E-state index in [2.05, 4.69) is 43.0 Å². The van der Waals surface area contributed by atoms with Gasteiger partial charge in [0.1, 0.15) is 0 Å². The lowest BCUT2D eigenvalue weighted by Gasteiger charge is -2.17. The minimum atomic E-state index is 0.0231. The van der Waals surface area contributed by atoms with E-state index in [0.717, 1.165) is 6.54 Å². The second kappa shape index (κ2) is 3.37. The number of aliphatic hydroxyl groups excluding tert-OH is 1. The molecule has 0 aromatic heterocycles. The van der Waals surface area contributed by atoms with Gasteiger partial charge in [0.25, 0.3) is 0 Å². The Kier molecular flexibility index (Phi) is 2.33. The zero-order chi connectivity index (χ0) is 10.2. The highest BCUT2D eigenvalue weighted by molar-refractivity contribution is 5.22. The van der Waals surface area contributed by atoms with Crippen LogP contribution in [-0.2, 0) is 0 Å². The Bertz CT molecular complexity index is 311. The van der Waals surface area contributed by atoms with Crippen molar-refractivity contribution in [3.05, 3.63) is 35.9 Å². The highest BCUT2D eigenvalue weighted by Gasteiger charge is 2.49. The smallest absolute Gasteiger partial charge is 0.0625 e. The van der Waals surface area contributed by atoms with Crippen molar-refractivity contribution in [2.75, 3.05) is 13.2 Å². The molecule has 1 aromatic carbocycles. The lowest BCUT2D eigenvalue weighted by molar-refractivity contribution is 0.209. The molecule has 0 radical (unpaired) electrons. The van der Waals surface area contributed by atoms with Crippen LogP contribution < -0.4 is 0 Å². The highest BCUT2D eigenvalue weighted by atomic mass is 16.3. The average Bonchev–Trinajstić information content (AvgIpc) is 2.92. The molecule has 0 saturated carbocycles. The Morgan fingerprint density at radius 3 is 2.57 bits per heavy atom. The first-order valence-electron chi connectivity index (χ1n) is 5.10. The summed E-state index contributed by atoms with van der Waals surface area (Å²) in [4.78, 5) is 2.32. The Hall–Kier alpha value is -0.860. The van der Waals surface area contributed by atoms with Gasteiger partial charge in [0.15, 0.2) is 0 Å². The van der Waals surface area contributed by atoms with Gasteiger partial charge in [-0.1, -0.05) is 30.3 Å². The number of nitrogens with zero attached hydrogens (tertiary/aromatic N) is 1. The van der Waals surface area contributed by atoms with Gasteiger partial charge >= 0.3 is 0 Å². The molecule has 3 atom stereocenters. The fourth-order valence-corrected chi connectivity index (χ4v) is 1.99. The normalized spacial score (nSPS) is 32.6. The third-order valence-corrected chi connectivity index (χ3v) is 3.19. The zero-order valence-corrected chi connectivity index (χ0v) is 8.77. The predicted molar refractivity (Wildman–Crippen MR) is 57.1 cm³/mol. The van der Waals surface area contributed by atoms with Crippen molar-refractivity contribution < 1.29 is 5.11 Å². The summed E-state index contributed by atoms with van der Waals surface area (Å²) in [6.07, 6.45) is 0. The molecule has 1 N–H and O–H groups in total. The molecule has 1 saturated heterocycles. The standard InChI is InChI=1S/C12H17NO/c1-10(11-6-4-3-5-7-11)13-8-12(13,2)9-14/h3-7,10,14H,8-9H2,1-2H3/t10-,12?,13?/m1/s1. The molecule has 0 aliphatic carbocycles. The third kappa shape index (κ3) is 1.56. The molecule has 2 rings (SSSR count). The van der Waals surface area contributed by atoms with Gasteiger partial charge in [-0.3, -0.25) is 4.90 Å². The minimum Gasteiger partial charge on any atom is -0.394 e. The van der Waals surface area contributed by atoms with E-state index in [1.54, 1.807) is 0 Å². The summed E-state index contributed by atoms with van der Waals surface area (Å²) in [5.74, 6) is 0. The van der Waals surface area contributed by atoms with Crippen LogP contribution in [0.1, 0.15) is 25.5 Å². The second-order valence-corrected chi connectivity index (χ2v) is 4.37. The van der Waals surface area contributed by atoms with Crippen LogP contribution in [-0.4, -0.2) is 28.7 Å². The summed E-state index contributed by atoms with van der Waals surface area (Å²) < 4.78 is 0. The fourth-order valence-electron chi connectivity index (χ4n) is 1.99. The van der Waals surface area contributed by atoms with Gasteiger partial charge in [-0.25, -0.2) is 0 Å². The van der Waals surface area contributed by atoms with Crippen LogP contribution in [0.5, 0.6) is 0 Å².